The summed E-state index contributed by atoms with van der Waals surface area (Å²) in [5.41, 5.74) is 2.70. The summed E-state index contributed by atoms with van der Waals surface area (Å²) in [6, 6.07) is 2.80. The molecule has 15 heavy (non-hydrogen) atoms. The molecule has 1 aromatic rings. The molecule has 1 atom stereocenters. The standard InChI is InChI=1S/C12H19N3/c1-10-7-14-5-3-11(10)8-15-6-4-12(9-15)13-2/h3,5,7,12-13H,4,6,8-9H2,1-2H3. The largest absolute Gasteiger partial charge is 0.316 e. The van der Waals surface area contributed by atoms with E-state index in [0.29, 0.717) is 6.04 Å². The second-order valence-electron chi connectivity index (χ2n) is 4.31. The molecule has 3 nitrogen and oxygen atoms in total. The molecule has 1 fully saturated rings. The van der Waals surface area contributed by atoms with E-state index >= 15 is 0 Å². The Kier molecular flexibility index (Phi) is 3.34. The predicted molar refractivity (Wildman–Crippen MR) is 61.7 cm³/mol. The van der Waals surface area contributed by atoms with Gasteiger partial charge in [0.15, 0.2) is 0 Å². The van der Waals surface area contributed by atoms with Crippen molar-refractivity contribution in [2.45, 2.75) is 25.9 Å². The fourth-order valence-corrected chi connectivity index (χ4v) is 2.13. The Balaban J connectivity index is 1.96. The molecule has 82 valence electrons. The van der Waals surface area contributed by atoms with Crippen molar-refractivity contribution in [3.8, 4) is 0 Å². The Morgan fingerprint density at radius 1 is 1.60 bits per heavy atom. The number of hydrogen-bond donors (Lipinski definition) is 1. The Hall–Kier alpha value is -0.930. The van der Waals surface area contributed by atoms with E-state index in [0.717, 1.165) is 13.1 Å². The van der Waals surface area contributed by atoms with Crippen LogP contribution in [0.2, 0.25) is 0 Å². The third-order valence-corrected chi connectivity index (χ3v) is 3.21. The van der Waals surface area contributed by atoms with Crippen LogP contribution in [0.3, 0.4) is 0 Å². The van der Waals surface area contributed by atoms with E-state index in [1.165, 1.54) is 24.1 Å². The second-order valence-corrected chi connectivity index (χ2v) is 4.31. The van der Waals surface area contributed by atoms with Crippen molar-refractivity contribution in [1.29, 1.82) is 0 Å². The first-order chi connectivity index (χ1) is 7.29. The lowest BCUT2D eigenvalue weighted by molar-refractivity contribution is 0.321. The zero-order chi connectivity index (χ0) is 10.7. The van der Waals surface area contributed by atoms with Gasteiger partial charge < -0.3 is 5.32 Å². The zero-order valence-corrected chi connectivity index (χ0v) is 9.53. The monoisotopic (exact) mass is 205 g/mol. The highest BCUT2D eigenvalue weighted by atomic mass is 15.2. The number of nitrogens with zero attached hydrogens (tertiary/aromatic N) is 2. The number of hydrogen-bond acceptors (Lipinski definition) is 3. The van der Waals surface area contributed by atoms with Crippen molar-refractivity contribution in [2.24, 2.45) is 0 Å². The van der Waals surface area contributed by atoms with Crippen LogP contribution in [0.15, 0.2) is 18.5 Å². The second kappa shape index (κ2) is 4.73. The molecule has 0 aliphatic carbocycles. The fourth-order valence-electron chi connectivity index (χ4n) is 2.13. The van der Waals surface area contributed by atoms with E-state index in [-0.39, 0.29) is 0 Å². The Morgan fingerprint density at radius 2 is 2.47 bits per heavy atom. The summed E-state index contributed by atoms with van der Waals surface area (Å²) in [5, 5.41) is 3.34. The summed E-state index contributed by atoms with van der Waals surface area (Å²) in [4.78, 5) is 6.62. The first-order valence-corrected chi connectivity index (χ1v) is 5.58. The Bertz CT molecular complexity index is 324. The van der Waals surface area contributed by atoms with E-state index < -0.39 is 0 Å². The average Bonchev–Trinajstić information content (AvgIpc) is 2.69. The van der Waals surface area contributed by atoms with Gasteiger partial charge in [0.05, 0.1) is 0 Å². The maximum Gasteiger partial charge on any atom is 0.0300 e. The van der Waals surface area contributed by atoms with Gasteiger partial charge in [0.2, 0.25) is 0 Å². The van der Waals surface area contributed by atoms with Crippen molar-refractivity contribution < 1.29 is 0 Å². The molecule has 1 unspecified atom stereocenters. The van der Waals surface area contributed by atoms with E-state index in [1.54, 1.807) is 0 Å². The van der Waals surface area contributed by atoms with Gasteiger partial charge in [-0.1, -0.05) is 0 Å². The highest BCUT2D eigenvalue weighted by Gasteiger charge is 2.20. The van der Waals surface area contributed by atoms with Crippen LogP contribution >= 0.6 is 0 Å². The number of rotatable bonds is 3. The minimum Gasteiger partial charge on any atom is -0.316 e. The summed E-state index contributed by atoms with van der Waals surface area (Å²) < 4.78 is 0. The van der Waals surface area contributed by atoms with Gasteiger partial charge in [-0.05, 0) is 37.6 Å². The van der Waals surface area contributed by atoms with Gasteiger partial charge in [0.1, 0.15) is 0 Å². The van der Waals surface area contributed by atoms with Crippen LogP contribution in [0.5, 0.6) is 0 Å². The van der Waals surface area contributed by atoms with Crippen LogP contribution in [0.1, 0.15) is 17.5 Å². The molecule has 1 aliphatic rings. The lowest BCUT2D eigenvalue weighted by atomic mass is 10.1. The predicted octanol–water partition coefficient (Wildman–Crippen LogP) is 1.18. The molecular weight excluding hydrogens is 186 g/mol. The minimum absolute atomic E-state index is 0.673. The van der Waals surface area contributed by atoms with Gasteiger partial charge in [0.25, 0.3) is 0 Å². The number of aryl methyl sites for hydroxylation is 1. The van der Waals surface area contributed by atoms with Crippen LogP contribution in [-0.2, 0) is 6.54 Å². The molecule has 0 radical (unpaired) electrons. The van der Waals surface area contributed by atoms with Crippen molar-refractivity contribution in [3.05, 3.63) is 29.6 Å². The molecule has 0 bridgehead atoms. The van der Waals surface area contributed by atoms with Crippen LogP contribution in [0, 0.1) is 6.92 Å². The molecule has 3 heteroatoms. The summed E-state index contributed by atoms with van der Waals surface area (Å²) in [5.74, 6) is 0. The third kappa shape index (κ3) is 2.55. The van der Waals surface area contributed by atoms with Gasteiger partial charge in [0, 0.05) is 38.1 Å². The van der Waals surface area contributed by atoms with E-state index in [1.807, 2.05) is 19.4 Å². The lowest BCUT2D eigenvalue weighted by Gasteiger charge is -2.16. The van der Waals surface area contributed by atoms with Crippen molar-refractivity contribution in [1.82, 2.24) is 15.2 Å². The molecule has 0 amide bonds. The number of nitrogens with one attached hydrogen (secondary N) is 1. The Morgan fingerprint density at radius 3 is 3.13 bits per heavy atom. The number of pyridine rings is 1. The molecule has 0 saturated carbocycles. The quantitative estimate of drug-likeness (QED) is 0.803. The summed E-state index contributed by atoms with van der Waals surface area (Å²) in [6.07, 6.45) is 5.09. The molecule has 0 spiro atoms. The van der Waals surface area contributed by atoms with Gasteiger partial charge in [-0.25, -0.2) is 0 Å². The Labute approximate surface area is 91.5 Å². The summed E-state index contributed by atoms with van der Waals surface area (Å²) in [6.45, 7) is 5.56. The van der Waals surface area contributed by atoms with Crippen LogP contribution in [0.25, 0.3) is 0 Å². The van der Waals surface area contributed by atoms with Gasteiger partial charge in [-0.2, -0.15) is 0 Å². The van der Waals surface area contributed by atoms with E-state index in [4.69, 9.17) is 0 Å². The molecule has 1 aliphatic heterocycles. The SMILES string of the molecule is CNC1CCN(Cc2ccncc2C)C1. The van der Waals surface area contributed by atoms with E-state index in [2.05, 4.69) is 28.2 Å². The third-order valence-electron chi connectivity index (χ3n) is 3.21. The summed E-state index contributed by atoms with van der Waals surface area (Å²) in [7, 11) is 2.05. The van der Waals surface area contributed by atoms with Gasteiger partial charge in [-0.3, -0.25) is 9.88 Å². The van der Waals surface area contributed by atoms with Crippen molar-refractivity contribution in [3.63, 3.8) is 0 Å². The highest BCUT2D eigenvalue weighted by Crippen LogP contribution is 2.14. The highest BCUT2D eigenvalue weighted by molar-refractivity contribution is 5.21. The molecule has 0 aromatic carbocycles. The molecule has 2 rings (SSSR count). The fraction of sp³-hybridized carbons (Fsp3) is 0.583. The zero-order valence-electron chi connectivity index (χ0n) is 9.53. The van der Waals surface area contributed by atoms with Gasteiger partial charge >= 0.3 is 0 Å². The topological polar surface area (TPSA) is 28.2 Å². The number of likely N-dealkylation sites (tertiary alicyclic amines) is 1. The number of likely N-dealkylation sites (N-methyl/N-ethyl adjacent to an activating group) is 1. The maximum absolute atomic E-state index is 4.12. The summed E-state index contributed by atoms with van der Waals surface area (Å²) >= 11 is 0. The first-order valence-electron chi connectivity index (χ1n) is 5.58. The van der Waals surface area contributed by atoms with Crippen LogP contribution in [0.4, 0.5) is 0 Å². The van der Waals surface area contributed by atoms with E-state index in [9.17, 15) is 0 Å². The average molecular weight is 205 g/mol. The smallest absolute Gasteiger partial charge is 0.0300 e. The van der Waals surface area contributed by atoms with Gasteiger partial charge in [-0.15, -0.1) is 0 Å². The van der Waals surface area contributed by atoms with Crippen molar-refractivity contribution >= 4 is 0 Å². The van der Waals surface area contributed by atoms with Crippen molar-refractivity contribution in [2.75, 3.05) is 20.1 Å². The van der Waals surface area contributed by atoms with Crippen LogP contribution in [-0.4, -0.2) is 36.1 Å². The molecular formula is C12H19N3. The minimum atomic E-state index is 0.673. The molecule has 1 N–H and O–H groups in total. The van der Waals surface area contributed by atoms with Crippen LogP contribution < -0.4 is 5.32 Å². The molecule has 1 aromatic heterocycles. The number of aromatic nitrogens is 1. The first kappa shape index (κ1) is 10.6. The maximum atomic E-state index is 4.12. The molecule has 2 heterocycles. The normalized spacial score (nSPS) is 22.1. The molecule has 1 saturated heterocycles. The lowest BCUT2D eigenvalue weighted by Crippen LogP contribution is -2.29.